The Hall–Kier alpha value is 3.61. The Morgan fingerprint density at radius 2 is 1.00 bits per heavy atom. The van der Waals surface area contributed by atoms with Crippen LogP contribution in [0.15, 0.2) is 0 Å². The molecular formula is MgNbNiPbW. The zero-order valence-electron chi connectivity index (χ0n) is 2.38. The molecule has 0 aliphatic carbocycles. The maximum Gasteiger partial charge on any atom is 0 e. The van der Waals surface area contributed by atoms with Crippen molar-refractivity contribution in [1.29, 1.82) is 0 Å². The molecule has 0 fully saturated rings. The first-order valence-corrected chi connectivity index (χ1v) is 0. The van der Waals surface area contributed by atoms with Crippen molar-refractivity contribution in [3.63, 3.8) is 0 Å². The van der Waals surface area contributed by atoms with Crippen LogP contribution in [0.5, 0.6) is 0 Å². The molecule has 0 aliphatic rings. The van der Waals surface area contributed by atoms with Gasteiger partial charge in [0.15, 0.2) is 0 Å². The Morgan fingerprint density at radius 1 is 1.00 bits per heavy atom. The van der Waals surface area contributed by atoms with Crippen molar-refractivity contribution in [3.05, 3.63) is 0 Å². The van der Waals surface area contributed by atoms with Crippen LogP contribution >= 0.6 is 0 Å². The summed E-state index contributed by atoms with van der Waals surface area (Å²) in [5, 5.41) is 0. The van der Waals surface area contributed by atoms with Gasteiger partial charge >= 0.3 is 0 Å². The molecule has 0 aromatic heterocycles. The van der Waals surface area contributed by atoms with E-state index in [-0.39, 0.29) is 110 Å². The third kappa shape index (κ3) is 18.4. The van der Waals surface area contributed by atoms with Gasteiger partial charge in [0.25, 0.3) is 0 Å². The van der Waals surface area contributed by atoms with Crippen LogP contribution in [0.25, 0.3) is 0 Å². The molecule has 0 N–H and O–H groups in total. The van der Waals surface area contributed by atoms with E-state index in [4.69, 9.17) is 0 Å². The first-order chi connectivity index (χ1) is 0. The van der Waals surface area contributed by atoms with Gasteiger partial charge in [0, 0.05) is 110 Å². The molecule has 0 rings (SSSR count). The van der Waals surface area contributed by atoms with Crippen LogP contribution in [0, 0.1) is 0 Å². The molecule has 5 heavy (non-hydrogen) atoms. The van der Waals surface area contributed by atoms with E-state index in [1.165, 1.54) is 0 Å². The minimum absolute atomic E-state index is 0. The molecule has 5 heteroatoms. The third-order valence-electron chi connectivity index (χ3n) is 0. The van der Waals surface area contributed by atoms with Gasteiger partial charge < -0.3 is 0 Å². The van der Waals surface area contributed by atoms with Gasteiger partial charge in [-0.3, -0.25) is 0 Å². The molecule has 0 heterocycles. The molecule has 0 unspecified atom stereocenters. The SMILES string of the molecule is [Mg].[Nb].[Ni].[Pb].[W]. The zero-order valence-corrected chi connectivity index (χ0v) is 13.8. The molecule has 0 saturated carbocycles. The number of rotatable bonds is 0. The van der Waals surface area contributed by atoms with Crippen molar-refractivity contribution < 1.29 is 59.9 Å². The Labute approximate surface area is 108 Å². The summed E-state index contributed by atoms with van der Waals surface area (Å²) in [7, 11) is 0. The van der Waals surface area contributed by atoms with E-state index in [2.05, 4.69) is 0 Å². The molecule has 0 atom stereocenters. The molecule has 0 amide bonds. The monoisotopic (exact) mass is 567 g/mol. The van der Waals surface area contributed by atoms with Crippen molar-refractivity contribution in [2.45, 2.75) is 0 Å². The molecule has 0 aromatic rings. The Kier molecular flexibility index (Phi) is 195. The van der Waals surface area contributed by atoms with Gasteiger partial charge in [-0.15, -0.1) is 0 Å². The molecule has 0 saturated heterocycles. The van der Waals surface area contributed by atoms with E-state index in [1.807, 2.05) is 0 Å². The first-order valence-electron chi connectivity index (χ1n) is 0. The minimum atomic E-state index is 0. The molecule has 0 aliphatic heterocycles. The quantitative estimate of drug-likeness (QED) is 0.338. The van der Waals surface area contributed by atoms with E-state index >= 15 is 0 Å². The maximum absolute atomic E-state index is 0. The van der Waals surface area contributed by atoms with E-state index in [1.54, 1.807) is 0 Å². The van der Waals surface area contributed by atoms with Gasteiger partial charge in [-0.25, -0.2) is 0 Å². The smallest absolute Gasteiger partial charge is 0 e. The summed E-state index contributed by atoms with van der Waals surface area (Å²) < 4.78 is 0. The number of hydrogen-bond donors (Lipinski definition) is 0. The average Bonchev–Trinajstić information content (AvgIpc) is 0. The van der Waals surface area contributed by atoms with E-state index in [0.29, 0.717) is 0 Å². The normalized spacial score (nSPS) is 0. The summed E-state index contributed by atoms with van der Waals surface area (Å²) in [6.45, 7) is 0. The molecule has 0 aromatic carbocycles. The predicted octanol–water partition coefficient (Wildman–Crippen LogP) is -0.769. The average molecular weight is 567 g/mol. The van der Waals surface area contributed by atoms with Crippen LogP contribution in [0.3, 0.4) is 0 Å². The summed E-state index contributed by atoms with van der Waals surface area (Å²) in [4.78, 5) is 0. The zero-order chi connectivity index (χ0) is 0. The first kappa shape index (κ1) is 38.3. The van der Waals surface area contributed by atoms with Gasteiger partial charge in [-0.05, 0) is 0 Å². The standard InChI is InChI=1S/Mg.Nb.Ni.Pb.W. The number of hydrogen-bond acceptors (Lipinski definition) is 0. The molecule has 0 nitrogen and oxygen atoms in total. The van der Waals surface area contributed by atoms with Crippen LogP contribution in [0.4, 0.5) is 0 Å². The summed E-state index contributed by atoms with van der Waals surface area (Å²) >= 11 is 0. The van der Waals surface area contributed by atoms with Crippen molar-refractivity contribution in [1.82, 2.24) is 0 Å². The van der Waals surface area contributed by atoms with E-state index < -0.39 is 0 Å². The fourth-order valence-electron chi connectivity index (χ4n) is 0. The second kappa shape index (κ2) is 25.5. The van der Waals surface area contributed by atoms with Gasteiger partial charge in [0.2, 0.25) is 0 Å². The fraction of sp³-hybridized carbons (Fsp3) is 0. The third-order valence-corrected chi connectivity index (χ3v) is 0. The van der Waals surface area contributed by atoms with Crippen LogP contribution < -0.4 is 0 Å². The summed E-state index contributed by atoms with van der Waals surface area (Å²) in [5.41, 5.74) is 0. The summed E-state index contributed by atoms with van der Waals surface area (Å²) in [6.07, 6.45) is 0. The van der Waals surface area contributed by atoms with Crippen LogP contribution in [0.1, 0.15) is 0 Å². The van der Waals surface area contributed by atoms with Crippen molar-refractivity contribution in [2.24, 2.45) is 0 Å². The fourth-order valence-corrected chi connectivity index (χ4v) is 0. The van der Waals surface area contributed by atoms with Crippen molar-refractivity contribution >= 4 is 50.4 Å². The molecule has 0 spiro atoms. The van der Waals surface area contributed by atoms with Crippen molar-refractivity contribution in [2.75, 3.05) is 0 Å². The van der Waals surface area contributed by atoms with E-state index in [9.17, 15) is 0 Å². The summed E-state index contributed by atoms with van der Waals surface area (Å²) in [6, 6.07) is 0. The van der Waals surface area contributed by atoms with Gasteiger partial charge in [-0.1, -0.05) is 0 Å². The van der Waals surface area contributed by atoms with Gasteiger partial charge in [-0.2, -0.15) is 0 Å². The van der Waals surface area contributed by atoms with Crippen LogP contribution in [-0.2, 0) is 59.9 Å². The molecule has 27 valence electrons. The Bertz CT molecular complexity index is 11.6. The minimum Gasteiger partial charge on any atom is 0 e. The second-order valence-electron chi connectivity index (χ2n) is 0. The predicted molar refractivity (Wildman–Crippen MR) is 11.5 cm³/mol. The molecule has 7 radical (unpaired) electrons. The van der Waals surface area contributed by atoms with Gasteiger partial charge in [0.05, 0.1) is 0 Å². The van der Waals surface area contributed by atoms with Gasteiger partial charge in [0.1, 0.15) is 0 Å². The Balaban J connectivity index is 0. The van der Waals surface area contributed by atoms with Crippen molar-refractivity contribution in [3.8, 4) is 0 Å². The maximum atomic E-state index is 0. The largest absolute Gasteiger partial charge is 0 e. The molecule has 0 bridgehead atoms. The molecular weight excluding hydrogens is 567 g/mol. The van der Waals surface area contributed by atoms with E-state index in [0.717, 1.165) is 0 Å². The summed E-state index contributed by atoms with van der Waals surface area (Å²) in [5.74, 6) is 0. The topological polar surface area (TPSA) is 0 Å². The second-order valence-corrected chi connectivity index (χ2v) is 0. The van der Waals surface area contributed by atoms with Crippen LogP contribution in [0.2, 0.25) is 0 Å². The van der Waals surface area contributed by atoms with Crippen LogP contribution in [-0.4, -0.2) is 50.4 Å². The Morgan fingerprint density at radius 3 is 1.00 bits per heavy atom.